The molecule has 0 radical (unpaired) electrons. The lowest BCUT2D eigenvalue weighted by Crippen LogP contribution is -2.18. The van der Waals surface area contributed by atoms with Gasteiger partial charge >= 0.3 is 0 Å². The van der Waals surface area contributed by atoms with Crippen LogP contribution in [0.2, 0.25) is 0 Å². The van der Waals surface area contributed by atoms with E-state index in [1.165, 1.54) is 12.1 Å². The summed E-state index contributed by atoms with van der Waals surface area (Å²) in [7, 11) is -2.42. The SMILES string of the molecule is COCCCn1c(C)c(C)c(S(=O)(=O)c2ccc(F)cc2)c1NC(=O)c1ccccc1. The first-order chi connectivity index (χ1) is 14.8. The van der Waals surface area contributed by atoms with Gasteiger partial charge in [-0.15, -0.1) is 0 Å². The molecule has 2 aromatic carbocycles. The Morgan fingerprint density at radius 2 is 1.71 bits per heavy atom. The van der Waals surface area contributed by atoms with Crippen molar-refractivity contribution in [2.75, 3.05) is 19.0 Å². The molecule has 0 unspecified atom stereocenters. The van der Waals surface area contributed by atoms with E-state index in [4.69, 9.17) is 4.74 Å². The molecule has 3 aromatic rings. The summed E-state index contributed by atoms with van der Waals surface area (Å²) in [5, 5.41) is 2.80. The van der Waals surface area contributed by atoms with Gasteiger partial charge in [-0.3, -0.25) is 4.79 Å². The number of sulfone groups is 1. The van der Waals surface area contributed by atoms with E-state index in [1.807, 2.05) is 6.92 Å². The second kappa shape index (κ2) is 9.45. The van der Waals surface area contributed by atoms with E-state index < -0.39 is 21.6 Å². The molecule has 3 rings (SSSR count). The van der Waals surface area contributed by atoms with Gasteiger partial charge in [0.1, 0.15) is 16.5 Å². The third-order valence-corrected chi connectivity index (χ3v) is 7.09. The summed E-state index contributed by atoms with van der Waals surface area (Å²) in [6.07, 6.45) is 0.635. The number of anilines is 1. The average molecular weight is 445 g/mol. The van der Waals surface area contributed by atoms with E-state index in [9.17, 15) is 17.6 Å². The quantitative estimate of drug-likeness (QED) is 0.414. The zero-order valence-electron chi connectivity index (χ0n) is 17.7. The number of aromatic nitrogens is 1. The molecule has 0 fully saturated rings. The second-order valence-electron chi connectivity index (χ2n) is 7.16. The highest BCUT2D eigenvalue weighted by atomic mass is 32.2. The summed E-state index contributed by atoms with van der Waals surface area (Å²) in [6.45, 7) is 4.47. The van der Waals surface area contributed by atoms with Gasteiger partial charge in [-0.05, 0) is 62.2 Å². The fourth-order valence-electron chi connectivity index (χ4n) is 3.44. The first kappa shape index (κ1) is 22.7. The van der Waals surface area contributed by atoms with Crippen molar-refractivity contribution in [3.8, 4) is 0 Å². The molecule has 1 amide bonds. The van der Waals surface area contributed by atoms with E-state index in [0.717, 1.165) is 17.8 Å². The molecule has 8 heteroatoms. The number of halogens is 1. The molecule has 164 valence electrons. The van der Waals surface area contributed by atoms with Gasteiger partial charge in [-0.2, -0.15) is 0 Å². The predicted molar refractivity (Wildman–Crippen MR) is 117 cm³/mol. The zero-order valence-corrected chi connectivity index (χ0v) is 18.5. The van der Waals surface area contributed by atoms with Crippen LogP contribution < -0.4 is 5.32 Å². The number of nitrogens with zero attached hydrogens (tertiary/aromatic N) is 1. The summed E-state index contributed by atoms with van der Waals surface area (Å²) in [4.78, 5) is 12.9. The minimum Gasteiger partial charge on any atom is -0.385 e. The molecule has 1 heterocycles. The highest BCUT2D eigenvalue weighted by Gasteiger charge is 2.30. The fraction of sp³-hybridized carbons (Fsp3) is 0.261. The molecular weight excluding hydrogens is 419 g/mol. The summed E-state index contributed by atoms with van der Waals surface area (Å²) < 4.78 is 47.3. The highest BCUT2D eigenvalue weighted by Crippen LogP contribution is 2.35. The fourth-order valence-corrected chi connectivity index (χ4v) is 5.13. The van der Waals surface area contributed by atoms with Gasteiger partial charge in [-0.25, -0.2) is 12.8 Å². The summed E-state index contributed by atoms with van der Waals surface area (Å²) in [5.74, 6) is -0.743. The average Bonchev–Trinajstić information content (AvgIpc) is 2.99. The molecule has 0 spiro atoms. The minimum absolute atomic E-state index is 0.0123. The predicted octanol–water partition coefficient (Wildman–Crippen LogP) is 4.37. The van der Waals surface area contributed by atoms with Crippen molar-refractivity contribution < 1.29 is 22.3 Å². The van der Waals surface area contributed by atoms with Crippen LogP contribution in [0.3, 0.4) is 0 Å². The maximum Gasteiger partial charge on any atom is 0.256 e. The Labute approximate surface area is 181 Å². The number of ether oxygens (including phenoxy) is 1. The van der Waals surface area contributed by atoms with Crippen LogP contribution in [-0.2, 0) is 21.1 Å². The number of hydrogen-bond donors (Lipinski definition) is 1. The van der Waals surface area contributed by atoms with Gasteiger partial charge in [0.25, 0.3) is 5.91 Å². The highest BCUT2D eigenvalue weighted by molar-refractivity contribution is 7.91. The van der Waals surface area contributed by atoms with Gasteiger partial charge < -0.3 is 14.6 Å². The summed E-state index contributed by atoms with van der Waals surface area (Å²) >= 11 is 0. The Balaban J connectivity index is 2.14. The van der Waals surface area contributed by atoms with Crippen molar-refractivity contribution in [2.45, 2.75) is 36.6 Å². The van der Waals surface area contributed by atoms with Crippen molar-refractivity contribution in [1.82, 2.24) is 4.57 Å². The molecule has 1 N–H and O–H groups in total. The van der Waals surface area contributed by atoms with Crippen LogP contribution in [0.1, 0.15) is 28.0 Å². The van der Waals surface area contributed by atoms with Crippen LogP contribution in [0.25, 0.3) is 0 Å². The largest absolute Gasteiger partial charge is 0.385 e. The number of rotatable bonds is 8. The summed E-state index contributed by atoms with van der Waals surface area (Å²) in [6, 6.07) is 13.2. The first-order valence-electron chi connectivity index (χ1n) is 9.83. The van der Waals surface area contributed by atoms with Gasteiger partial charge in [-0.1, -0.05) is 18.2 Å². The van der Waals surface area contributed by atoms with E-state index >= 15 is 0 Å². The molecule has 0 saturated carbocycles. The molecule has 0 aliphatic carbocycles. The topological polar surface area (TPSA) is 77.4 Å². The number of hydrogen-bond acceptors (Lipinski definition) is 4. The van der Waals surface area contributed by atoms with Crippen LogP contribution in [0.4, 0.5) is 10.2 Å². The standard InChI is InChI=1S/C23H25FN2O4S/c1-16-17(2)26(14-7-15-30-3)22(25-23(27)18-8-5-4-6-9-18)21(16)31(28,29)20-12-10-19(24)11-13-20/h4-6,8-13H,7,14-15H2,1-3H3,(H,25,27). The lowest BCUT2D eigenvalue weighted by atomic mass is 10.2. The molecule has 0 bridgehead atoms. The lowest BCUT2D eigenvalue weighted by molar-refractivity contribution is 0.102. The summed E-state index contributed by atoms with van der Waals surface area (Å²) in [5.41, 5.74) is 1.66. The number of benzene rings is 2. The third kappa shape index (κ3) is 4.70. The zero-order chi connectivity index (χ0) is 22.6. The minimum atomic E-state index is -4.01. The molecule has 6 nitrogen and oxygen atoms in total. The van der Waals surface area contributed by atoms with Crippen molar-refractivity contribution in [3.63, 3.8) is 0 Å². The van der Waals surface area contributed by atoms with Crippen LogP contribution >= 0.6 is 0 Å². The van der Waals surface area contributed by atoms with Crippen molar-refractivity contribution in [2.24, 2.45) is 0 Å². The van der Waals surface area contributed by atoms with Gasteiger partial charge in [0.05, 0.1) is 4.90 Å². The third-order valence-electron chi connectivity index (χ3n) is 5.16. The molecule has 0 aliphatic heterocycles. The van der Waals surface area contributed by atoms with Crippen molar-refractivity contribution >= 4 is 21.6 Å². The van der Waals surface area contributed by atoms with Crippen LogP contribution in [0, 0.1) is 19.7 Å². The van der Waals surface area contributed by atoms with Gasteiger partial charge in [0, 0.05) is 31.5 Å². The Kier molecular flexibility index (Phi) is 6.92. The molecule has 1 aromatic heterocycles. The Morgan fingerprint density at radius 1 is 1.06 bits per heavy atom. The van der Waals surface area contributed by atoms with Gasteiger partial charge in [0.15, 0.2) is 0 Å². The molecular formula is C23H25FN2O4S. The Bertz CT molecular complexity index is 1170. The Morgan fingerprint density at radius 3 is 2.32 bits per heavy atom. The molecule has 0 atom stereocenters. The van der Waals surface area contributed by atoms with Crippen molar-refractivity contribution in [1.29, 1.82) is 0 Å². The smallest absolute Gasteiger partial charge is 0.256 e. The van der Waals surface area contributed by atoms with Crippen LogP contribution in [-0.4, -0.2) is 32.6 Å². The Hall–Kier alpha value is -2.97. The van der Waals surface area contributed by atoms with Crippen LogP contribution in [0.5, 0.6) is 0 Å². The van der Waals surface area contributed by atoms with E-state index in [1.54, 1.807) is 48.9 Å². The number of amides is 1. The monoisotopic (exact) mass is 444 g/mol. The van der Waals surface area contributed by atoms with Gasteiger partial charge in [0.2, 0.25) is 9.84 Å². The maximum absolute atomic E-state index is 13.5. The first-order valence-corrected chi connectivity index (χ1v) is 11.3. The van der Waals surface area contributed by atoms with E-state index in [-0.39, 0.29) is 15.6 Å². The molecule has 0 aliphatic rings. The molecule has 0 saturated heterocycles. The van der Waals surface area contributed by atoms with E-state index in [0.29, 0.717) is 30.7 Å². The maximum atomic E-state index is 13.5. The second-order valence-corrected chi connectivity index (χ2v) is 9.05. The normalized spacial score (nSPS) is 11.5. The molecule has 31 heavy (non-hydrogen) atoms. The number of carbonyl (C=O) groups excluding carboxylic acids is 1. The van der Waals surface area contributed by atoms with E-state index in [2.05, 4.69) is 5.32 Å². The van der Waals surface area contributed by atoms with Crippen LogP contribution in [0.15, 0.2) is 64.4 Å². The number of carbonyl (C=O) groups is 1. The lowest BCUT2D eigenvalue weighted by Gasteiger charge is -2.14. The number of nitrogens with one attached hydrogen (secondary N) is 1. The van der Waals surface area contributed by atoms with Crippen molar-refractivity contribution in [3.05, 3.63) is 77.2 Å². The number of methoxy groups -OCH3 is 1.